The maximum absolute atomic E-state index is 14.3. The van der Waals surface area contributed by atoms with Crippen molar-refractivity contribution in [2.45, 2.75) is 37.6 Å². The van der Waals surface area contributed by atoms with Crippen LogP contribution in [-0.4, -0.2) is 81.3 Å². The number of methoxy groups -OCH3 is 3. The Morgan fingerprint density at radius 1 is 1.00 bits per heavy atom. The van der Waals surface area contributed by atoms with E-state index in [9.17, 15) is 23.2 Å². The molecule has 0 spiro atoms. The molecule has 1 saturated heterocycles. The Bertz CT molecular complexity index is 1410. The fourth-order valence-electron chi connectivity index (χ4n) is 5.72. The van der Waals surface area contributed by atoms with Gasteiger partial charge in [-0.15, -0.1) is 0 Å². The quantitative estimate of drug-likeness (QED) is 0.360. The SMILES string of the molecule is COC(=O)C1=C(C)N=C(OC)N(C(=O)NCCCN2CCC(C(=O)OC)(c3ccccc3)CC2)C1c1ccc(F)c(F)c1. The second-order valence-corrected chi connectivity index (χ2v) is 10.4. The van der Waals surface area contributed by atoms with Gasteiger partial charge in [-0.05, 0) is 69.1 Å². The number of rotatable bonds is 8. The Kier molecular flexibility index (Phi) is 10.1. The van der Waals surface area contributed by atoms with E-state index in [1.54, 1.807) is 6.92 Å². The van der Waals surface area contributed by atoms with Crippen LogP contribution in [0.1, 0.15) is 43.4 Å². The van der Waals surface area contributed by atoms with Gasteiger partial charge < -0.3 is 24.4 Å². The molecule has 0 aromatic heterocycles. The third-order valence-electron chi connectivity index (χ3n) is 8.00. The summed E-state index contributed by atoms with van der Waals surface area (Å²) in [6.45, 7) is 3.82. The second kappa shape index (κ2) is 13.8. The number of nitrogens with zero attached hydrogens (tertiary/aromatic N) is 3. The number of halogens is 2. The third kappa shape index (κ3) is 6.53. The number of hydrogen-bond donors (Lipinski definition) is 1. The summed E-state index contributed by atoms with van der Waals surface area (Å²) < 4.78 is 43.5. The summed E-state index contributed by atoms with van der Waals surface area (Å²) in [5.41, 5.74) is 0.593. The van der Waals surface area contributed by atoms with Crippen LogP contribution < -0.4 is 5.32 Å². The van der Waals surface area contributed by atoms with Crippen LogP contribution in [0, 0.1) is 11.6 Å². The molecule has 2 aromatic rings. The summed E-state index contributed by atoms with van der Waals surface area (Å²) in [7, 11) is 3.91. The van der Waals surface area contributed by atoms with Gasteiger partial charge in [-0.1, -0.05) is 36.4 Å². The number of amidine groups is 1. The number of nitrogens with one attached hydrogen (secondary N) is 1. The maximum Gasteiger partial charge on any atom is 0.338 e. The molecular formula is C31H36F2N4O6. The monoisotopic (exact) mass is 598 g/mol. The zero-order valence-corrected chi connectivity index (χ0v) is 24.7. The Hall–Kier alpha value is -4.32. The molecule has 4 rings (SSSR count). The van der Waals surface area contributed by atoms with Crippen molar-refractivity contribution in [1.82, 2.24) is 15.1 Å². The van der Waals surface area contributed by atoms with Gasteiger partial charge in [0.05, 0.1) is 38.0 Å². The van der Waals surface area contributed by atoms with E-state index in [4.69, 9.17) is 14.2 Å². The number of ether oxygens (including phenoxy) is 3. The van der Waals surface area contributed by atoms with E-state index in [2.05, 4.69) is 15.2 Å². The van der Waals surface area contributed by atoms with Crippen molar-refractivity contribution >= 4 is 24.0 Å². The van der Waals surface area contributed by atoms with Gasteiger partial charge in [0.15, 0.2) is 11.6 Å². The first-order valence-electron chi connectivity index (χ1n) is 14.0. The van der Waals surface area contributed by atoms with E-state index in [1.165, 1.54) is 27.4 Å². The van der Waals surface area contributed by atoms with Crippen LogP contribution in [0.25, 0.3) is 0 Å². The molecule has 2 aliphatic rings. The van der Waals surface area contributed by atoms with Crippen LogP contribution in [0.5, 0.6) is 0 Å². The predicted molar refractivity (Wildman–Crippen MR) is 154 cm³/mol. The minimum atomic E-state index is -1.18. The number of likely N-dealkylation sites (tertiary alicyclic amines) is 1. The molecule has 1 fully saturated rings. The molecule has 1 N–H and O–H groups in total. The molecule has 0 aliphatic carbocycles. The maximum atomic E-state index is 14.3. The number of carbonyl (C=O) groups is 3. The number of allylic oxidation sites excluding steroid dienone is 1. The molecule has 2 aromatic carbocycles. The zero-order valence-electron chi connectivity index (χ0n) is 24.7. The fourth-order valence-corrected chi connectivity index (χ4v) is 5.72. The number of benzene rings is 2. The fraction of sp³-hybridized carbons (Fsp3) is 0.419. The Balaban J connectivity index is 1.43. The van der Waals surface area contributed by atoms with Crippen LogP contribution in [0.2, 0.25) is 0 Å². The zero-order chi connectivity index (χ0) is 31.1. The van der Waals surface area contributed by atoms with Crippen molar-refractivity contribution in [3.63, 3.8) is 0 Å². The molecular weight excluding hydrogens is 562 g/mol. The first-order valence-corrected chi connectivity index (χ1v) is 14.0. The number of aliphatic imine (C=N–C) groups is 1. The van der Waals surface area contributed by atoms with Gasteiger partial charge in [0, 0.05) is 6.54 Å². The number of esters is 2. The lowest BCUT2D eigenvalue weighted by molar-refractivity contribution is -0.149. The summed E-state index contributed by atoms with van der Waals surface area (Å²) in [4.78, 5) is 46.7. The number of urea groups is 1. The van der Waals surface area contributed by atoms with Crippen molar-refractivity contribution in [3.05, 3.63) is 82.6 Å². The van der Waals surface area contributed by atoms with E-state index < -0.39 is 35.1 Å². The van der Waals surface area contributed by atoms with Gasteiger partial charge in [-0.3, -0.25) is 4.79 Å². The molecule has 1 unspecified atom stereocenters. The van der Waals surface area contributed by atoms with Crippen LogP contribution >= 0.6 is 0 Å². The average molecular weight is 599 g/mol. The summed E-state index contributed by atoms with van der Waals surface area (Å²) in [6, 6.07) is 10.9. The van der Waals surface area contributed by atoms with Crippen molar-refractivity contribution < 1.29 is 37.4 Å². The van der Waals surface area contributed by atoms with Gasteiger partial charge in [-0.25, -0.2) is 28.3 Å². The first-order chi connectivity index (χ1) is 20.7. The summed E-state index contributed by atoms with van der Waals surface area (Å²) in [6.07, 6.45) is 1.80. The minimum absolute atomic E-state index is 0.00900. The molecule has 0 saturated carbocycles. The number of hydrogen-bond acceptors (Lipinski definition) is 8. The van der Waals surface area contributed by atoms with Gasteiger partial charge in [-0.2, -0.15) is 0 Å². The van der Waals surface area contributed by atoms with E-state index in [0.717, 1.165) is 22.6 Å². The van der Waals surface area contributed by atoms with Crippen LogP contribution in [0.15, 0.2) is 64.8 Å². The lowest BCUT2D eigenvalue weighted by Crippen LogP contribution is -2.50. The topological polar surface area (TPSA) is 110 Å². The highest BCUT2D eigenvalue weighted by atomic mass is 19.2. The van der Waals surface area contributed by atoms with E-state index in [1.807, 2.05) is 30.3 Å². The molecule has 10 nitrogen and oxygen atoms in total. The van der Waals surface area contributed by atoms with Gasteiger partial charge in [0.25, 0.3) is 0 Å². The highest BCUT2D eigenvalue weighted by Crippen LogP contribution is 2.38. The molecule has 2 aliphatic heterocycles. The summed E-state index contributed by atoms with van der Waals surface area (Å²) in [5.74, 6) is -3.21. The Morgan fingerprint density at radius 3 is 2.30 bits per heavy atom. The smallest absolute Gasteiger partial charge is 0.338 e. The standard InChI is InChI=1S/C31H36F2N4O6/c1-20-25(27(38)41-2)26(21-11-12-23(32)24(33)19-21)37(30(35-20)43-4)29(40)34-15-8-16-36-17-13-31(14-18-36,28(39)42-3)22-9-6-5-7-10-22/h5-7,9-12,19,26H,8,13-18H2,1-4H3,(H,34,40). The minimum Gasteiger partial charge on any atom is -0.468 e. The highest BCUT2D eigenvalue weighted by molar-refractivity contribution is 6.00. The normalized spacial score (nSPS) is 18.5. The average Bonchev–Trinajstić information content (AvgIpc) is 3.03. The van der Waals surface area contributed by atoms with Crippen LogP contribution in [0.3, 0.4) is 0 Å². The van der Waals surface area contributed by atoms with Gasteiger partial charge >= 0.3 is 24.0 Å². The lowest BCUT2D eigenvalue weighted by Gasteiger charge is -2.40. The number of piperidine rings is 1. The van der Waals surface area contributed by atoms with Crippen molar-refractivity contribution in [2.75, 3.05) is 47.5 Å². The van der Waals surface area contributed by atoms with Crippen molar-refractivity contribution in [3.8, 4) is 0 Å². The molecule has 43 heavy (non-hydrogen) atoms. The second-order valence-electron chi connectivity index (χ2n) is 10.4. The lowest BCUT2D eigenvalue weighted by atomic mass is 9.72. The van der Waals surface area contributed by atoms with Crippen LogP contribution in [0.4, 0.5) is 13.6 Å². The van der Waals surface area contributed by atoms with Gasteiger partial charge in [0.1, 0.15) is 6.04 Å². The molecule has 230 valence electrons. The third-order valence-corrected chi connectivity index (χ3v) is 8.00. The van der Waals surface area contributed by atoms with E-state index in [0.29, 0.717) is 38.9 Å². The number of amides is 2. The Morgan fingerprint density at radius 2 is 1.70 bits per heavy atom. The molecule has 0 bridgehead atoms. The van der Waals surface area contributed by atoms with E-state index in [-0.39, 0.29) is 35.4 Å². The molecule has 1 atom stereocenters. The summed E-state index contributed by atoms with van der Waals surface area (Å²) >= 11 is 0. The van der Waals surface area contributed by atoms with Crippen LogP contribution in [-0.2, 0) is 29.2 Å². The first kappa shape index (κ1) is 31.6. The summed E-state index contributed by atoms with van der Waals surface area (Å²) in [5, 5.41) is 2.83. The molecule has 0 radical (unpaired) electrons. The van der Waals surface area contributed by atoms with Crippen molar-refractivity contribution in [1.29, 1.82) is 0 Å². The van der Waals surface area contributed by atoms with Crippen molar-refractivity contribution in [2.24, 2.45) is 4.99 Å². The largest absolute Gasteiger partial charge is 0.468 e. The molecule has 2 amide bonds. The Labute approximate surface area is 249 Å². The molecule has 12 heteroatoms. The number of carbonyl (C=O) groups excluding carboxylic acids is 3. The van der Waals surface area contributed by atoms with E-state index >= 15 is 0 Å². The van der Waals surface area contributed by atoms with Gasteiger partial charge in [0.2, 0.25) is 0 Å². The predicted octanol–water partition coefficient (Wildman–Crippen LogP) is 4.08. The molecule has 2 heterocycles. The highest BCUT2D eigenvalue weighted by Gasteiger charge is 2.44.